The molecule has 0 amide bonds. The molecule has 0 aliphatic carbocycles. The van der Waals surface area contributed by atoms with Gasteiger partial charge in [0.25, 0.3) is 5.56 Å². The summed E-state index contributed by atoms with van der Waals surface area (Å²) < 4.78 is 0. The van der Waals surface area contributed by atoms with E-state index in [4.69, 9.17) is 0 Å². The van der Waals surface area contributed by atoms with Gasteiger partial charge in [0.05, 0.1) is 28.3 Å². The number of H-pyrrole nitrogens is 1. The van der Waals surface area contributed by atoms with Crippen molar-refractivity contribution in [2.24, 2.45) is 5.10 Å². The van der Waals surface area contributed by atoms with E-state index in [2.05, 4.69) is 30.5 Å². The van der Waals surface area contributed by atoms with Crippen molar-refractivity contribution in [2.75, 3.05) is 5.43 Å². The van der Waals surface area contributed by atoms with Crippen molar-refractivity contribution in [2.45, 2.75) is 6.92 Å². The lowest BCUT2D eigenvalue weighted by atomic mass is 10.2. The van der Waals surface area contributed by atoms with Crippen molar-refractivity contribution in [3.8, 4) is 0 Å². The molecule has 0 radical (unpaired) electrons. The van der Waals surface area contributed by atoms with Gasteiger partial charge < -0.3 is 0 Å². The average molecular weight is 330 g/mol. The van der Waals surface area contributed by atoms with Crippen LogP contribution in [-0.2, 0) is 0 Å². The second-order valence-corrected chi connectivity index (χ2v) is 5.53. The lowest BCUT2D eigenvalue weighted by Gasteiger charge is -2.04. The number of aromatic amines is 1. The summed E-state index contributed by atoms with van der Waals surface area (Å²) in [4.78, 5) is 27.5. The van der Waals surface area contributed by atoms with Gasteiger partial charge in [-0.15, -0.1) is 0 Å². The zero-order valence-electron chi connectivity index (χ0n) is 13.4. The van der Waals surface area contributed by atoms with E-state index in [-0.39, 0.29) is 11.5 Å². The molecule has 4 aromatic rings. The van der Waals surface area contributed by atoms with Crippen LogP contribution in [0.25, 0.3) is 22.1 Å². The minimum Gasteiger partial charge on any atom is -0.291 e. The predicted octanol–water partition coefficient (Wildman–Crippen LogP) is 2.62. The standard InChI is InChI=1S/C18H14N6O/c1-11-9-16(25)23-18(20-11)24-19-10-12-5-4-8-15-17(12)22-14-7-3-2-6-13(14)21-15/h2-10H,1H3,(H2,20,23,24,25)/b19-10-. The molecule has 0 saturated carbocycles. The Hall–Kier alpha value is -3.61. The van der Waals surface area contributed by atoms with Gasteiger partial charge in [-0.05, 0) is 25.1 Å². The Morgan fingerprint density at radius 2 is 1.76 bits per heavy atom. The third kappa shape index (κ3) is 3.07. The highest BCUT2D eigenvalue weighted by atomic mass is 16.1. The maximum absolute atomic E-state index is 11.4. The number of fused-ring (bicyclic) bond motifs is 2. The minimum absolute atomic E-state index is 0.229. The first kappa shape index (κ1) is 14.9. The van der Waals surface area contributed by atoms with Gasteiger partial charge in [-0.3, -0.25) is 9.78 Å². The normalized spacial score (nSPS) is 11.4. The van der Waals surface area contributed by atoms with E-state index in [1.807, 2.05) is 42.5 Å². The predicted molar refractivity (Wildman–Crippen MR) is 97.9 cm³/mol. The van der Waals surface area contributed by atoms with E-state index in [1.165, 1.54) is 6.07 Å². The molecule has 7 heteroatoms. The molecule has 0 aliphatic heterocycles. The Labute approximate surface area is 142 Å². The smallest absolute Gasteiger partial charge is 0.252 e. The number of aryl methyl sites for hydroxylation is 1. The molecule has 4 rings (SSSR count). The summed E-state index contributed by atoms with van der Waals surface area (Å²) in [7, 11) is 0. The van der Waals surface area contributed by atoms with Gasteiger partial charge in [0, 0.05) is 17.3 Å². The molecule has 0 fully saturated rings. The quantitative estimate of drug-likeness (QED) is 0.342. The maximum Gasteiger partial charge on any atom is 0.252 e. The molecule has 0 saturated heterocycles. The lowest BCUT2D eigenvalue weighted by Crippen LogP contribution is -2.10. The number of rotatable bonds is 3. The monoisotopic (exact) mass is 330 g/mol. The van der Waals surface area contributed by atoms with Crippen LogP contribution in [0.2, 0.25) is 0 Å². The first-order valence-corrected chi connectivity index (χ1v) is 7.71. The van der Waals surface area contributed by atoms with Crippen molar-refractivity contribution in [1.29, 1.82) is 0 Å². The first-order valence-electron chi connectivity index (χ1n) is 7.71. The Bertz CT molecular complexity index is 1160. The number of para-hydroxylation sites is 3. The molecule has 2 aromatic carbocycles. The van der Waals surface area contributed by atoms with Gasteiger partial charge >= 0.3 is 0 Å². The van der Waals surface area contributed by atoms with Crippen LogP contribution in [0.4, 0.5) is 5.95 Å². The number of benzene rings is 2. The molecule has 2 aromatic heterocycles. The number of hydrazone groups is 1. The SMILES string of the molecule is Cc1cc(=O)[nH]c(N/N=C\c2cccc3nc4ccccc4nc23)n1. The lowest BCUT2D eigenvalue weighted by molar-refractivity contribution is 1.04. The van der Waals surface area contributed by atoms with Crippen LogP contribution in [0.5, 0.6) is 0 Å². The molecule has 0 unspecified atom stereocenters. The number of nitrogens with zero attached hydrogens (tertiary/aromatic N) is 4. The highest BCUT2D eigenvalue weighted by Crippen LogP contribution is 2.18. The molecular formula is C18H14N6O. The highest BCUT2D eigenvalue weighted by Gasteiger charge is 2.04. The molecule has 0 bridgehead atoms. The van der Waals surface area contributed by atoms with E-state index in [0.717, 1.165) is 27.6 Å². The topological polar surface area (TPSA) is 95.9 Å². The first-order chi connectivity index (χ1) is 12.2. The van der Waals surface area contributed by atoms with Crippen molar-refractivity contribution in [3.05, 3.63) is 70.1 Å². The molecule has 2 N–H and O–H groups in total. The molecule has 122 valence electrons. The molecule has 0 atom stereocenters. The Morgan fingerprint density at radius 3 is 2.56 bits per heavy atom. The van der Waals surface area contributed by atoms with Crippen molar-refractivity contribution < 1.29 is 0 Å². The number of hydrogen-bond donors (Lipinski definition) is 2. The van der Waals surface area contributed by atoms with Crippen LogP contribution in [0, 0.1) is 6.92 Å². The van der Waals surface area contributed by atoms with Gasteiger partial charge in [-0.2, -0.15) is 5.10 Å². The van der Waals surface area contributed by atoms with E-state index in [9.17, 15) is 4.79 Å². The van der Waals surface area contributed by atoms with E-state index < -0.39 is 0 Å². The molecular weight excluding hydrogens is 316 g/mol. The van der Waals surface area contributed by atoms with Crippen LogP contribution in [0.3, 0.4) is 0 Å². The van der Waals surface area contributed by atoms with E-state index in [0.29, 0.717) is 5.69 Å². The second kappa shape index (κ2) is 6.12. The Morgan fingerprint density at radius 1 is 1.00 bits per heavy atom. The fraction of sp³-hybridized carbons (Fsp3) is 0.0556. The summed E-state index contributed by atoms with van der Waals surface area (Å²) in [6.45, 7) is 1.75. The summed E-state index contributed by atoms with van der Waals surface area (Å²) in [6.07, 6.45) is 1.63. The molecule has 7 nitrogen and oxygen atoms in total. The number of aromatic nitrogens is 4. The Balaban J connectivity index is 1.71. The highest BCUT2D eigenvalue weighted by molar-refractivity contribution is 5.98. The zero-order valence-corrected chi connectivity index (χ0v) is 13.4. The summed E-state index contributed by atoms with van der Waals surface area (Å²) in [5.41, 5.74) is 7.17. The maximum atomic E-state index is 11.4. The van der Waals surface area contributed by atoms with Gasteiger partial charge in [-0.1, -0.05) is 24.3 Å². The summed E-state index contributed by atoms with van der Waals surface area (Å²) in [5, 5.41) is 4.15. The van der Waals surface area contributed by atoms with Crippen LogP contribution < -0.4 is 11.0 Å². The third-order valence-corrected chi connectivity index (χ3v) is 3.64. The van der Waals surface area contributed by atoms with Crippen molar-refractivity contribution in [3.63, 3.8) is 0 Å². The van der Waals surface area contributed by atoms with Crippen LogP contribution in [0.15, 0.2) is 58.4 Å². The molecule has 0 spiro atoms. The van der Waals surface area contributed by atoms with Crippen LogP contribution in [-0.4, -0.2) is 26.2 Å². The molecule has 0 aliphatic rings. The number of anilines is 1. The fourth-order valence-electron chi connectivity index (χ4n) is 2.56. The van der Waals surface area contributed by atoms with Crippen LogP contribution in [0.1, 0.15) is 11.3 Å². The van der Waals surface area contributed by atoms with Gasteiger partial charge in [0.1, 0.15) is 0 Å². The van der Waals surface area contributed by atoms with Crippen molar-refractivity contribution >= 4 is 34.2 Å². The zero-order chi connectivity index (χ0) is 17.2. The van der Waals surface area contributed by atoms with Gasteiger partial charge in [0.15, 0.2) is 0 Å². The number of hydrogen-bond acceptors (Lipinski definition) is 6. The summed E-state index contributed by atoms with van der Waals surface area (Å²) in [6, 6.07) is 14.9. The fourth-order valence-corrected chi connectivity index (χ4v) is 2.56. The minimum atomic E-state index is -0.229. The third-order valence-electron chi connectivity index (χ3n) is 3.64. The Kier molecular flexibility index (Phi) is 3.66. The van der Waals surface area contributed by atoms with Gasteiger partial charge in [0.2, 0.25) is 5.95 Å². The average Bonchev–Trinajstić information content (AvgIpc) is 2.59. The van der Waals surface area contributed by atoms with E-state index >= 15 is 0 Å². The molecule has 25 heavy (non-hydrogen) atoms. The van der Waals surface area contributed by atoms with Crippen molar-refractivity contribution in [1.82, 2.24) is 19.9 Å². The number of nitrogens with one attached hydrogen (secondary N) is 2. The van der Waals surface area contributed by atoms with Crippen LogP contribution >= 0.6 is 0 Å². The van der Waals surface area contributed by atoms with E-state index in [1.54, 1.807) is 13.1 Å². The summed E-state index contributed by atoms with van der Waals surface area (Å²) in [5.74, 6) is 0.290. The largest absolute Gasteiger partial charge is 0.291 e. The second-order valence-electron chi connectivity index (χ2n) is 5.53. The summed E-state index contributed by atoms with van der Waals surface area (Å²) >= 11 is 0. The van der Waals surface area contributed by atoms with Gasteiger partial charge in [-0.25, -0.2) is 20.4 Å². The molecule has 2 heterocycles.